The molecule has 2 heterocycles. The van der Waals surface area contributed by atoms with Gasteiger partial charge in [0, 0.05) is 35.8 Å². The third kappa shape index (κ3) is 7.17. The van der Waals surface area contributed by atoms with Gasteiger partial charge in [-0.1, -0.05) is 66.7 Å². The zero-order valence-electron chi connectivity index (χ0n) is 26.0. The molecule has 4 aromatic carbocycles. The van der Waals surface area contributed by atoms with Crippen LogP contribution in [-0.2, 0) is 20.8 Å². The van der Waals surface area contributed by atoms with Crippen LogP contribution in [0.15, 0.2) is 97.1 Å². The van der Waals surface area contributed by atoms with Crippen molar-refractivity contribution in [3.05, 3.63) is 136 Å². The smallest absolute Gasteiger partial charge is 0.346 e. The van der Waals surface area contributed by atoms with Gasteiger partial charge in [-0.05, 0) is 61.0 Å². The summed E-state index contributed by atoms with van der Waals surface area (Å²) in [7, 11) is 1.96. The second-order valence-corrected chi connectivity index (χ2v) is 11.9. The van der Waals surface area contributed by atoms with Crippen molar-refractivity contribution in [2.75, 3.05) is 18.9 Å². The first-order valence-corrected chi connectivity index (χ1v) is 15.5. The normalized spacial score (nSPS) is 20.4. The number of carbonyl (C=O) groups is 3. The van der Waals surface area contributed by atoms with Gasteiger partial charge in [0.2, 0.25) is 0 Å². The number of hydrogen-bond acceptors (Lipinski definition) is 9. The lowest BCUT2D eigenvalue weighted by atomic mass is 9.98. The molecular weight excluding hydrogens is 600 g/mol. The lowest BCUT2D eigenvalue weighted by Gasteiger charge is -2.39. The van der Waals surface area contributed by atoms with Crippen molar-refractivity contribution in [2.45, 2.75) is 50.6 Å². The van der Waals surface area contributed by atoms with Crippen molar-refractivity contribution in [2.24, 2.45) is 0 Å². The van der Waals surface area contributed by atoms with E-state index in [2.05, 4.69) is 15.0 Å². The fraction of sp³-hybridized carbons (Fsp3) is 0.270. The summed E-state index contributed by atoms with van der Waals surface area (Å²) >= 11 is 0. The Morgan fingerprint density at radius 1 is 0.894 bits per heavy atom. The summed E-state index contributed by atoms with van der Waals surface area (Å²) in [6, 6.07) is 28.4. The van der Waals surface area contributed by atoms with Crippen molar-refractivity contribution in [3.63, 3.8) is 0 Å². The minimum atomic E-state index is -0.780. The van der Waals surface area contributed by atoms with E-state index in [0.717, 1.165) is 16.7 Å². The van der Waals surface area contributed by atoms with E-state index in [4.69, 9.17) is 9.47 Å². The molecule has 2 aliphatic rings. The number of carbonyl (C=O) groups excluding carboxylic acids is 3. The lowest BCUT2D eigenvalue weighted by Crippen LogP contribution is -2.43. The minimum Gasteiger partial charge on any atom is -0.392 e. The van der Waals surface area contributed by atoms with Crippen LogP contribution in [0.3, 0.4) is 0 Å². The number of likely N-dealkylation sites (N-methyl/N-ethyl adjacent to an activating group) is 1. The van der Waals surface area contributed by atoms with Crippen molar-refractivity contribution in [1.29, 1.82) is 0 Å². The lowest BCUT2D eigenvalue weighted by molar-refractivity contribution is -0.253. The molecule has 1 saturated heterocycles. The van der Waals surface area contributed by atoms with Gasteiger partial charge in [-0.25, -0.2) is 9.59 Å². The number of benzene rings is 4. The number of nitrogens with zero attached hydrogens (tertiary/aromatic N) is 1. The number of rotatable bonds is 10. The highest BCUT2D eigenvalue weighted by Crippen LogP contribution is 2.39. The van der Waals surface area contributed by atoms with E-state index >= 15 is 0 Å². The second-order valence-electron chi connectivity index (χ2n) is 11.9. The van der Waals surface area contributed by atoms with Crippen LogP contribution < -0.4 is 5.32 Å². The topological polar surface area (TPSA) is 135 Å². The predicted molar refractivity (Wildman–Crippen MR) is 172 cm³/mol. The fourth-order valence-electron chi connectivity index (χ4n) is 5.88. The Kier molecular flexibility index (Phi) is 9.58. The largest absolute Gasteiger partial charge is 0.392 e. The van der Waals surface area contributed by atoms with Gasteiger partial charge in [0.15, 0.2) is 6.29 Å². The van der Waals surface area contributed by atoms with E-state index in [-0.39, 0.29) is 41.5 Å². The van der Waals surface area contributed by atoms with E-state index in [1.807, 2.05) is 74.6 Å². The highest BCUT2D eigenvalue weighted by atomic mass is 16.7. The van der Waals surface area contributed by atoms with Gasteiger partial charge < -0.3 is 29.7 Å². The Bertz CT molecular complexity index is 1760. The first-order chi connectivity index (χ1) is 22.7. The molecule has 0 bridgehead atoms. The summed E-state index contributed by atoms with van der Waals surface area (Å²) < 4.78 is 17.6. The number of fused-ring (bicyclic) bond motifs is 1. The summed E-state index contributed by atoms with van der Waals surface area (Å²) in [5.74, 6) is -1.97. The van der Waals surface area contributed by atoms with E-state index in [9.17, 15) is 24.6 Å². The molecule has 6 rings (SSSR count). The standard InChI is InChI=1S/C37H36N2O8/c1-22(33(41)25-7-4-3-5-8-25)39(2)20-29-19-32(24-13-11-23(21-40)12-14-24)46-37(45-29)27-9-6-10-28(17-27)38-34(42)26-15-16-30-31(18-26)36(44)47-35(30)43/h3-18,22,29,32-33,37,40-41H,19-21H2,1-2H3,(H,38,42). The molecule has 0 radical (unpaired) electrons. The molecule has 5 unspecified atom stereocenters. The van der Waals surface area contributed by atoms with Gasteiger partial charge in [-0.2, -0.15) is 0 Å². The quantitative estimate of drug-likeness (QED) is 0.156. The molecule has 2 aliphatic heterocycles. The third-order valence-electron chi connectivity index (χ3n) is 8.72. The first kappa shape index (κ1) is 32.2. The Balaban J connectivity index is 1.20. The number of esters is 2. The number of aliphatic hydroxyl groups is 2. The van der Waals surface area contributed by atoms with Crippen LogP contribution >= 0.6 is 0 Å². The van der Waals surface area contributed by atoms with Crippen LogP contribution in [-0.4, -0.2) is 58.7 Å². The number of nitrogens with one attached hydrogen (secondary N) is 1. The fourth-order valence-corrected chi connectivity index (χ4v) is 5.88. The first-order valence-electron chi connectivity index (χ1n) is 15.5. The summed E-state index contributed by atoms with van der Waals surface area (Å²) in [5, 5.41) is 23.4. The molecule has 0 aromatic heterocycles. The van der Waals surface area contributed by atoms with E-state index in [1.54, 1.807) is 18.2 Å². The van der Waals surface area contributed by atoms with Gasteiger partial charge >= 0.3 is 11.9 Å². The summed E-state index contributed by atoms with van der Waals surface area (Å²) in [5.41, 5.74) is 4.14. The molecule has 47 heavy (non-hydrogen) atoms. The van der Waals surface area contributed by atoms with Crippen molar-refractivity contribution in [1.82, 2.24) is 4.90 Å². The Morgan fingerprint density at radius 2 is 1.64 bits per heavy atom. The van der Waals surface area contributed by atoms with Gasteiger partial charge in [0.25, 0.3) is 5.91 Å². The number of hydrogen-bond donors (Lipinski definition) is 3. The summed E-state index contributed by atoms with van der Waals surface area (Å²) in [4.78, 5) is 39.0. The molecule has 0 saturated carbocycles. The van der Waals surface area contributed by atoms with Crippen LogP contribution in [0.4, 0.5) is 5.69 Å². The van der Waals surface area contributed by atoms with Crippen molar-refractivity contribution < 1.29 is 38.8 Å². The molecule has 0 aliphatic carbocycles. The number of ether oxygens (including phenoxy) is 3. The van der Waals surface area contributed by atoms with Crippen molar-refractivity contribution >= 4 is 23.5 Å². The predicted octanol–water partition coefficient (Wildman–Crippen LogP) is 5.34. The molecule has 242 valence electrons. The molecule has 5 atom stereocenters. The SMILES string of the molecule is CC(C(O)c1ccccc1)N(C)CC1CC(c2ccc(CO)cc2)OC(c2cccc(NC(=O)c3ccc4c(c3)C(=O)OC4=O)c2)O1. The van der Waals surface area contributed by atoms with E-state index in [1.165, 1.54) is 18.2 Å². The van der Waals surface area contributed by atoms with Gasteiger partial charge in [0.1, 0.15) is 0 Å². The van der Waals surface area contributed by atoms with Gasteiger partial charge in [0.05, 0.1) is 36.0 Å². The highest BCUT2D eigenvalue weighted by Gasteiger charge is 2.35. The van der Waals surface area contributed by atoms with Crippen molar-refractivity contribution in [3.8, 4) is 0 Å². The maximum absolute atomic E-state index is 13.1. The molecule has 1 fully saturated rings. The van der Waals surface area contributed by atoms with Gasteiger partial charge in [-0.15, -0.1) is 0 Å². The average Bonchev–Trinajstić information content (AvgIpc) is 3.39. The number of amides is 1. The maximum atomic E-state index is 13.1. The second kappa shape index (κ2) is 14.0. The molecule has 1 amide bonds. The Labute approximate surface area is 272 Å². The summed E-state index contributed by atoms with van der Waals surface area (Å²) in [6.07, 6.45) is -1.47. The van der Waals surface area contributed by atoms with Gasteiger partial charge in [-0.3, -0.25) is 9.69 Å². The third-order valence-corrected chi connectivity index (χ3v) is 8.72. The zero-order chi connectivity index (χ0) is 33.1. The van der Waals surface area contributed by atoms with Crippen LogP contribution in [0.5, 0.6) is 0 Å². The van der Waals surface area contributed by atoms with Crippen LogP contribution in [0.2, 0.25) is 0 Å². The molecule has 0 spiro atoms. The van der Waals surface area contributed by atoms with E-state index < -0.39 is 30.2 Å². The average molecular weight is 637 g/mol. The maximum Gasteiger partial charge on any atom is 0.346 e. The van der Waals surface area contributed by atoms with E-state index in [0.29, 0.717) is 24.2 Å². The van der Waals surface area contributed by atoms with Crippen LogP contribution in [0, 0.1) is 0 Å². The zero-order valence-corrected chi connectivity index (χ0v) is 26.0. The number of anilines is 1. The summed E-state index contributed by atoms with van der Waals surface area (Å²) in [6.45, 7) is 2.45. The number of aliphatic hydroxyl groups excluding tert-OH is 2. The van der Waals surface area contributed by atoms with Crippen LogP contribution in [0.1, 0.15) is 85.2 Å². The molecule has 3 N–H and O–H groups in total. The highest BCUT2D eigenvalue weighted by molar-refractivity contribution is 6.16. The molecule has 10 heteroatoms. The Morgan fingerprint density at radius 3 is 2.38 bits per heavy atom. The number of cyclic esters (lactones) is 2. The molecule has 4 aromatic rings. The molecule has 10 nitrogen and oxygen atoms in total. The Hall–Kier alpha value is -4.71. The van der Waals surface area contributed by atoms with Crippen LogP contribution in [0.25, 0.3) is 0 Å². The molecular formula is C37H36N2O8. The minimum absolute atomic E-state index is 0.0556. The monoisotopic (exact) mass is 636 g/mol.